The molecule has 9 heteroatoms. The number of thiophene rings is 1. The molecule has 3 rings (SSSR count). The molecule has 1 amide bonds. The lowest BCUT2D eigenvalue weighted by molar-refractivity contribution is -0.384. The van der Waals surface area contributed by atoms with Crippen LogP contribution in [0.1, 0.15) is 33.5 Å². The summed E-state index contributed by atoms with van der Waals surface area (Å²) in [5.74, 6) is -0.505. The molecular formula is C18H17ClN2O5S. The number of non-ortho nitro benzene ring substituents is 1. The molecule has 2 aromatic rings. The van der Waals surface area contributed by atoms with Crippen molar-refractivity contribution in [1.82, 2.24) is 0 Å². The Balaban J connectivity index is 1.56. The highest BCUT2D eigenvalue weighted by molar-refractivity contribution is 7.14. The quantitative estimate of drug-likeness (QED) is 0.453. The maximum absolute atomic E-state index is 12.2. The number of ether oxygens (including phenoxy) is 1. The van der Waals surface area contributed by atoms with Gasteiger partial charge in [-0.2, -0.15) is 0 Å². The van der Waals surface area contributed by atoms with E-state index in [0.29, 0.717) is 10.8 Å². The largest absolute Gasteiger partial charge is 0.451 e. The van der Waals surface area contributed by atoms with Gasteiger partial charge in [0.1, 0.15) is 4.88 Å². The minimum absolute atomic E-state index is 0.0314. The van der Waals surface area contributed by atoms with Crippen molar-refractivity contribution in [2.45, 2.75) is 26.2 Å². The molecule has 1 aromatic carbocycles. The minimum Gasteiger partial charge on any atom is -0.451 e. The number of carbonyl (C=O) groups is 2. The first-order valence-corrected chi connectivity index (χ1v) is 9.55. The van der Waals surface area contributed by atoms with Crippen LogP contribution in [0.25, 0.3) is 0 Å². The van der Waals surface area contributed by atoms with Crippen molar-refractivity contribution >= 4 is 46.2 Å². The van der Waals surface area contributed by atoms with Crippen LogP contribution in [0.3, 0.4) is 0 Å². The van der Waals surface area contributed by atoms with Gasteiger partial charge in [-0.05, 0) is 42.9 Å². The molecule has 1 aliphatic rings. The molecule has 0 saturated carbocycles. The maximum Gasteiger partial charge on any atom is 0.348 e. The number of benzene rings is 1. The highest BCUT2D eigenvalue weighted by Gasteiger charge is 2.22. The number of hydrogen-bond donors (Lipinski definition) is 1. The average molecular weight is 409 g/mol. The van der Waals surface area contributed by atoms with Gasteiger partial charge in [-0.15, -0.1) is 11.3 Å². The first-order valence-electron chi connectivity index (χ1n) is 8.36. The van der Waals surface area contributed by atoms with Gasteiger partial charge in [0.25, 0.3) is 11.6 Å². The molecule has 0 unspecified atom stereocenters. The molecule has 0 spiro atoms. The molecule has 0 bridgehead atoms. The number of rotatable bonds is 5. The lowest BCUT2D eigenvalue weighted by atomic mass is 9.90. The topological polar surface area (TPSA) is 98.5 Å². The summed E-state index contributed by atoms with van der Waals surface area (Å²) in [5.41, 5.74) is 1.22. The molecule has 1 N–H and O–H groups in total. The van der Waals surface area contributed by atoms with Crippen LogP contribution in [-0.2, 0) is 22.4 Å². The van der Waals surface area contributed by atoms with E-state index in [2.05, 4.69) is 12.2 Å². The highest BCUT2D eigenvalue weighted by Crippen LogP contribution is 2.32. The van der Waals surface area contributed by atoms with Gasteiger partial charge in [0.15, 0.2) is 6.61 Å². The highest BCUT2D eigenvalue weighted by atomic mass is 35.5. The first kappa shape index (κ1) is 19.3. The summed E-state index contributed by atoms with van der Waals surface area (Å²) in [5, 5.41) is 13.2. The standard InChI is InChI=1S/C18H17ClN2O5S/c1-10-2-5-15-11(6-10)7-16(27-15)18(23)26-9-17(22)20-14-4-3-12(21(24)25)8-13(14)19/h3-4,7-8,10H,2,5-6,9H2,1H3,(H,20,22)/t10-/m1/s1. The lowest BCUT2D eigenvalue weighted by Crippen LogP contribution is -2.20. The molecule has 1 heterocycles. The molecule has 0 fully saturated rings. The summed E-state index contributed by atoms with van der Waals surface area (Å²) < 4.78 is 5.08. The molecule has 27 heavy (non-hydrogen) atoms. The number of aryl methyl sites for hydroxylation is 1. The third-order valence-corrected chi connectivity index (χ3v) is 5.83. The van der Waals surface area contributed by atoms with Crippen molar-refractivity contribution in [3.05, 3.63) is 54.7 Å². The molecule has 0 saturated heterocycles. The molecule has 1 aromatic heterocycles. The fourth-order valence-corrected chi connectivity index (χ4v) is 4.24. The monoisotopic (exact) mass is 408 g/mol. The predicted octanol–water partition coefficient (Wildman–Crippen LogP) is 4.23. The van der Waals surface area contributed by atoms with E-state index < -0.39 is 23.4 Å². The Morgan fingerprint density at radius 1 is 1.41 bits per heavy atom. The number of hydrogen-bond acceptors (Lipinski definition) is 6. The van der Waals surface area contributed by atoms with E-state index in [1.165, 1.54) is 33.9 Å². The van der Waals surface area contributed by atoms with Gasteiger partial charge in [-0.1, -0.05) is 18.5 Å². The van der Waals surface area contributed by atoms with Gasteiger partial charge in [-0.3, -0.25) is 14.9 Å². The Hall–Kier alpha value is -2.45. The number of esters is 1. The van der Waals surface area contributed by atoms with Crippen molar-refractivity contribution in [3.8, 4) is 0 Å². The molecule has 142 valence electrons. The van der Waals surface area contributed by atoms with E-state index in [0.717, 1.165) is 25.3 Å². The summed E-state index contributed by atoms with van der Waals surface area (Å²) >= 11 is 7.34. The normalized spacial score (nSPS) is 15.7. The van der Waals surface area contributed by atoms with Gasteiger partial charge in [0, 0.05) is 17.0 Å². The van der Waals surface area contributed by atoms with Gasteiger partial charge in [0.2, 0.25) is 0 Å². The second-order valence-corrected chi connectivity index (χ2v) is 8.00. The van der Waals surface area contributed by atoms with Crippen LogP contribution in [0.15, 0.2) is 24.3 Å². The van der Waals surface area contributed by atoms with Crippen LogP contribution in [-0.4, -0.2) is 23.4 Å². The second kappa shape index (κ2) is 8.06. The third-order valence-electron chi connectivity index (χ3n) is 4.30. The zero-order valence-corrected chi connectivity index (χ0v) is 16.1. The third kappa shape index (κ3) is 4.64. The lowest BCUT2D eigenvalue weighted by Gasteiger charge is -2.16. The second-order valence-electron chi connectivity index (χ2n) is 6.45. The van der Waals surface area contributed by atoms with E-state index in [1.807, 2.05) is 6.07 Å². The number of fused-ring (bicyclic) bond motifs is 1. The number of anilines is 1. The smallest absolute Gasteiger partial charge is 0.348 e. The minimum atomic E-state index is -0.583. The number of nitro benzene ring substituents is 1. The Morgan fingerprint density at radius 3 is 2.89 bits per heavy atom. The SMILES string of the molecule is C[C@@H]1CCc2sc(C(=O)OCC(=O)Nc3ccc([N+](=O)[O-])cc3Cl)cc2C1. The summed E-state index contributed by atoms with van der Waals surface area (Å²) in [6, 6.07) is 5.54. The van der Waals surface area contributed by atoms with E-state index >= 15 is 0 Å². The first-order chi connectivity index (χ1) is 12.8. The van der Waals surface area contributed by atoms with E-state index in [-0.39, 0.29) is 16.4 Å². The number of carbonyl (C=O) groups excluding carboxylic acids is 2. The number of nitrogens with zero attached hydrogens (tertiary/aromatic N) is 1. The predicted molar refractivity (Wildman–Crippen MR) is 103 cm³/mol. The molecule has 7 nitrogen and oxygen atoms in total. The van der Waals surface area contributed by atoms with Gasteiger partial charge >= 0.3 is 5.97 Å². The summed E-state index contributed by atoms with van der Waals surface area (Å²) in [4.78, 5) is 36.0. The van der Waals surface area contributed by atoms with E-state index in [1.54, 1.807) is 0 Å². The van der Waals surface area contributed by atoms with Crippen LogP contribution in [0.5, 0.6) is 0 Å². The molecule has 1 aliphatic carbocycles. The van der Waals surface area contributed by atoms with Crippen LogP contribution in [0, 0.1) is 16.0 Å². The molecular weight excluding hydrogens is 392 g/mol. The number of amides is 1. The van der Waals surface area contributed by atoms with Crippen LogP contribution in [0.2, 0.25) is 5.02 Å². The number of nitrogens with one attached hydrogen (secondary N) is 1. The molecule has 0 radical (unpaired) electrons. The zero-order valence-electron chi connectivity index (χ0n) is 14.5. The fraction of sp³-hybridized carbons (Fsp3) is 0.333. The van der Waals surface area contributed by atoms with Crippen LogP contribution >= 0.6 is 22.9 Å². The van der Waals surface area contributed by atoms with Crippen molar-refractivity contribution in [2.75, 3.05) is 11.9 Å². The molecule has 0 aliphatic heterocycles. The average Bonchev–Trinajstić information content (AvgIpc) is 3.04. The van der Waals surface area contributed by atoms with Crippen molar-refractivity contribution in [3.63, 3.8) is 0 Å². The number of halogens is 1. The van der Waals surface area contributed by atoms with Crippen LogP contribution < -0.4 is 5.32 Å². The van der Waals surface area contributed by atoms with Crippen molar-refractivity contribution in [1.29, 1.82) is 0 Å². The fourth-order valence-electron chi connectivity index (χ4n) is 2.91. The zero-order chi connectivity index (χ0) is 19.6. The van der Waals surface area contributed by atoms with Crippen LogP contribution in [0.4, 0.5) is 11.4 Å². The van der Waals surface area contributed by atoms with Gasteiger partial charge in [0.05, 0.1) is 15.6 Å². The summed E-state index contributed by atoms with van der Waals surface area (Å²) in [6.45, 7) is 1.72. The molecule has 1 atom stereocenters. The number of nitro groups is 1. The van der Waals surface area contributed by atoms with Crippen molar-refractivity contribution in [2.24, 2.45) is 5.92 Å². The maximum atomic E-state index is 12.2. The van der Waals surface area contributed by atoms with Crippen molar-refractivity contribution < 1.29 is 19.2 Å². The summed E-state index contributed by atoms with van der Waals surface area (Å²) in [6.07, 6.45) is 3.03. The van der Waals surface area contributed by atoms with E-state index in [4.69, 9.17) is 16.3 Å². The Kier molecular flexibility index (Phi) is 5.76. The van der Waals surface area contributed by atoms with E-state index in [9.17, 15) is 19.7 Å². The Bertz CT molecular complexity index is 911. The van der Waals surface area contributed by atoms with Gasteiger partial charge in [-0.25, -0.2) is 4.79 Å². The Morgan fingerprint density at radius 2 is 2.19 bits per heavy atom. The summed E-state index contributed by atoms with van der Waals surface area (Å²) in [7, 11) is 0. The Labute approximate surface area is 164 Å². The van der Waals surface area contributed by atoms with Gasteiger partial charge < -0.3 is 10.1 Å².